The van der Waals surface area contributed by atoms with E-state index >= 15 is 0 Å². The molecule has 0 amide bonds. The molecule has 1 aromatic carbocycles. The number of thioether (sulfide) groups is 1. The van der Waals surface area contributed by atoms with E-state index in [1.54, 1.807) is 11.6 Å². The van der Waals surface area contributed by atoms with Gasteiger partial charge >= 0.3 is 5.97 Å². The summed E-state index contributed by atoms with van der Waals surface area (Å²) in [4.78, 5) is 10.8. The first-order chi connectivity index (χ1) is 8.58. The molecule has 4 nitrogen and oxygen atoms in total. The van der Waals surface area contributed by atoms with Gasteiger partial charge in [-0.15, -0.1) is 5.10 Å². The summed E-state index contributed by atoms with van der Waals surface area (Å²) in [7, 11) is 0. The van der Waals surface area contributed by atoms with E-state index in [1.807, 2.05) is 30.3 Å². The zero-order valence-electron chi connectivity index (χ0n) is 9.44. The fourth-order valence-electron chi connectivity index (χ4n) is 1.24. The van der Waals surface area contributed by atoms with E-state index in [2.05, 4.69) is 5.10 Å². The summed E-state index contributed by atoms with van der Waals surface area (Å²) in [6.07, 6.45) is 0. The lowest BCUT2D eigenvalue weighted by atomic mass is 10.3. The van der Waals surface area contributed by atoms with Crippen LogP contribution in [0.1, 0.15) is 6.92 Å². The van der Waals surface area contributed by atoms with E-state index in [0.29, 0.717) is 8.29 Å². The lowest BCUT2D eigenvalue weighted by Gasteiger charge is -2.01. The Morgan fingerprint density at radius 2 is 2.17 bits per heavy atom. The fraction of sp³-hybridized carbons (Fsp3) is 0.182. The van der Waals surface area contributed by atoms with E-state index in [1.165, 1.54) is 23.1 Å². The van der Waals surface area contributed by atoms with Crippen molar-refractivity contribution in [3.63, 3.8) is 0 Å². The molecular weight excluding hydrogens is 288 g/mol. The Hall–Kier alpha value is -1.18. The van der Waals surface area contributed by atoms with Gasteiger partial charge in [0.05, 0.1) is 5.69 Å². The van der Waals surface area contributed by atoms with E-state index in [9.17, 15) is 4.79 Å². The number of carboxylic acids is 1. The van der Waals surface area contributed by atoms with Gasteiger partial charge in [-0.1, -0.05) is 41.3 Å². The molecule has 0 saturated heterocycles. The van der Waals surface area contributed by atoms with Crippen molar-refractivity contribution in [2.45, 2.75) is 16.5 Å². The van der Waals surface area contributed by atoms with Crippen molar-refractivity contribution in [2.24, 2.45) is 0 Å². The van der Waals surface area contributed by atoms with Crippen molar-refractivity contribution < 1.29 is 9.90 Å². The molecule has 18 heavy (non-hydrogen) atoms. The van der Waals surface area contributed by atoms with Crippen LogP contribution in [0.25, 0.3) is 5.69 Å². The highest BCUT2D eigenvalue weighted by molar-refractivity contribution is 8.02. The average molecular weight is 298 g/mol. The highest BCUT2D eigenvalue weighted by Crippen LogP contribution is 2.27. The van der Waals surface area contributed by atoms with Crippen LogP contribution < -0.4 is 0 Å². The molecule has 0 unspecified atom stereocenters. The normalized spacial score (nSPS) is 12.3. The van der Waals surface area contributed by atoms with Crippen LogP contribution >= 0.6 is 35.3 Å². The molecule has 94 valence electrons. The van der Waals surface area contributed by atoms with Gasteiger partial charge < -0.3 is 5.11 Å². The maximum atomic E-state index is 10.8. The summed E-state index contributed by atoms with van der Waals surface area (Å²) >= 11 is 7.75. The Labute approximate surface area is 117 Å². The van der Waals surface area contributed by atoms with Crippen molar-refractivity contribution in [1.82, 2.24) is 9.78 Å². The van der Waals surface area contributed by atoms with Crippen LogP contribution in [-0.2, 0) is 4.79 Å². The fourth-order valence-corrected chi connectivity index (χ4v) is 3.68. The van der Waals surface area contributed by atoms with Crippen molar-refractivity contribution in [1.29, 1.82) is 0 Å². The molecule has 0 aliphatic heterocycles. The van der Waals surface area contributed by atoms with Gasteiger partial charge in [-0.2, -0.15) is 0 Å². The third-order valence-electron chi connectivity index (χ3n) is 2.16. The second kappa shape index (κ2) is 5.64. The second-order valence-electron chi connectivity index (χ2n) is 3.48. The molecule has 0 aliphatic carbocycles. The largest absolute Gasteiger partial charge is 0.480 e. The van der Waals surface area contributed by atoms with Crippen LogP contribution in [0, 0.1) is 3.95 Å². The maximum Gasteiger partial charge on any atom is 0.316 e. The van der Waals surface area contributed by atoms with Gasteiger partial charge in [0.1, 0.15) is 5.25 Å². The van der Waals surface area contributed by atoms with Crippen LogP contribution in [0.4, 0.5) is 0 Å². The van der Waals surface area contributed by atoms with Gasteiger partial charge in [-0.25, -0.2) is 4.68 Å². The first-order valence-electron chi connectivity index (χ1n) is 5.13. The Bertz CT molecular complexity index is 606. The highest BCUT2D eigenvalue weighted by atomic mass is 32.2. The SMILES string of the molecule is C[C@@H](Sc1nn(-c2ccccc2)c(=S)s1)C(=O)O. The van der Waals surface area contributed by atoms with Gasteiger partial charge in [-0.05, 0) is 31.3 Å². The summed E-state index contributed by atoms with van der Waals surface area (Å²) < 4.78 is 2.93. The monoisotopic (exact) mass is 298 g/mol. The Morgan fingerprint density at radius 3 is 2.78 bits per heavy atom. The minimum Gasteiger partial charge on any atom is -0.480 e. The van der Waals surface area contributed by atoms with Crippen molar-refractivity contribution in [3.8, 4) is 5.69 Å². The molecule has 0 aliphatic rings. The van der Waals surface area contributed by atoms with E-state index in [4.69, 9.17) is 17.3 Å². The van der Waals surface area contributed by atoms with E-state index < -0.39 is 11.2 Å². The predicted octanol–water partition coefficient (Wildman–Crippen LogP) is 3.23. The summed E-state index contributed by atoms with van der Waals surface area (Å²) in [5, 5.41) is 12.7. The molecule has 7 heteroatoms. The third-order valence-corrected chi connectivity index (χ3v) is 4.56. The topological polar surface area (TPSA) is 55.1 Å². The maximum absolute atomic E-state index is 10.8. The Balaban J connectivity index is 2.28. The summed E-state index contributed by atoms with van der Waals surface area (Å²) in [6, 6.07) is 9.54. The van der Waals surface area contributed by atoms with Gasteiger partial charge in [-0.3, -0.25) is 4.79 Å². The molecule has 0 bridgehead atoms. The van der Waals surface area contributed by atoms with Crippen molar-refractivity contribution >= 4 is 41.3 Å². The zero-order chi connectivity index (χ0) is 13.1. The van der Waals surface area contributed by atoms with Crippen LogP contribution in [0.5, 0.6) is 0 Å². The molecule has 1 N–H and O–H groups in total. The number of rotatable bonds is 4. The molecule has 2 aromatic rings. The average Bonchev–Trinajstić information content (AvgIpc) is 2.71. The van der Waals surface area contributed by atoms with Gasteiger partial charge in [0, 0.05) is 0 Å². The van der Waals surface area contributed by atoms with Crippen LogP contribution in [0.3, 0.4) is 0 Å². The molecule has 1 atom stereocenters. The molecule has 2 rings (SSSR count). The second-order valence-corrected chi connectivity index (χ2v) is 6.69. The number of carboxylic acid groups (broad SMARTS) is 1. The number of hydrogen-bond acceptors (Lipinski definition) is 5. The van der Waals surface area contributed by atoms with Gasteiger partial charge in [0.25, 0.3) is 0 Å². The number of hydrogen-bond donors (Lipinski definition) is 1. The zero-order valence-corrected chi connectivity index (χ0v) is 11.9. The third kappa shape index (κ3) is 2.98. The molecule has 1 heterocycles. The number of nitrogens with zero attached hydrogens (tertiary/aromatic N) is 2. The highest BCUT2D eigenvalue weighted by Gasteiger charge is 2.15. The van der Waals surface area contributed by atoms with Gasteiger partial charge in [0.2, 0.25) is 0 Å². The van der Waals surface area contributed by atoms with Gasteiger partial charge in [0.15, 0.2) is 8.29 Å². The number of aromatic nitrogens is 2. The van der Waals surface area contributed by atoms with Crippen LogP contribution in [0.15, 0.2) is 34.7 Å². The molecule has 1 aromatic heterocycles. The lowest BCUT2D eigenvalue weighted by molar-refractivity contribution is -0.136. The molecule has 0 radical (unpaired) electrons. The van der Waals surface area contributed by atoms with E-state index in [0.717, 1.165) is 5.69 Å². The number of carbonyl (C=O) groups is 1. The molecule has 0 saturated carbocycles. The first-order valence-corrected chi connectivity index (χ1v) is 7.23. The number of aliphatic carboxylic acids is 1. The lowest BCUT2D eigenvalue weighted by Crippen LogP contribution is -2.11. The summed E-state index contributed by atoms with van der Waals surface area (Å²) in [5.74, 6) is -0.854. The standard InChI is InChI=1S/C11H10N2O2S3/c1-7(9(14)15)17-10-12-13(11(16)18-10)8-5-3-2-4-6-8/h2-7H,1H3,(H,14,15)/t7-/m1/s1. The van der Waals surface area contributed by atoms with Crippen LogP contribution in [-0.4, -0.2) is 26.1 Å². The van der Waals surface area contributed by atoms with Crippen molar-refractivity contribution in [2.75, 3.05) is 0 Å². The molecular formula is C11H10N2O2S3. The number of benzene rings is 1. The Kier molecular flexibility index (Phi) is 4.15. The summed E-state index contributed by atoms with van der Waals surface area (Å²) in [6.45, 7) is 1.63. The minimum atomic E-state index is -0.854. The quantitative estimate of drug-likeness (QED) is 0.694. The Morgan fingerprint density at radius 1 is 1.50 bits per heavy atom. The summed E-state index contributed by atoms with van der Waals surface area (Å²) in [5.41, 5.74) is 0.883. The minimum absolute atomic E-state index is 0.533. The van der Waals surface area contributed by atoms with Crippen molar-refractivity contribution in [3.05, 3.63) is 34.3 Å². The predicted molar refractivity (Wildman–Crippen MR) is 75.2 cm³/mol. The van der Waals surface area contributed by atoms with E-state index in [-0.39, 0.29) is 0 Å². The number of para-hydroxylation sites is 1. The molecule has 0 fully saturated rings. The van der Waals surface area contributed by atoms with Crippen LogP contribution in [0.2, 0.25) is 0 Å². The smallest absolute Gasteiger partial charge is 0.316 e. The molecule has 0 spiro atoms. The first kappa shape index (κ1) is 13.3.